The summed E-state index contributed by atoms with van der Waals surface area (Å²) in [5, 5.41) is 7.75. The molecule has 4 rings (SSSR count). The Labute approximate surface area is 162 Å². The molecule has 0 atom stereocenters. The highest BCUT2D eigenvalue weighted by Crippen LogP contribution is 2.25. The van der Waals surface area contributed by atoms with E-state index in [-0.39, 0.29) is 18.1 Å². The van der Waals surface area contributed by atoms with Crippen LogP contribution in [0.4, 0.5) is 9.52 Å². The maximum Gasteiger partial charge on any atom is 0.232 e. The number of aromatic nitrogens is 3. The van der Waals surface area contributed by atoms with Crippen molar-refractivity contribution in [3.05, 3.63) is 70.9 Å². The molecule has 0 aliphatic heterocycles. The number of rotatable bonds is 5. The van der Waals surface area contributed by atoms with Gasteiger partial charge in [-0.15, -0.1) is 22.7 Å². The van der Waals surface area contributed by atoms with Gasteiger partial charge in [0.05, 0.1) is 23.5 Å². The van der Waals surface area contributed by atoms with Crippen molar-refractivity contribution in [2.45, 2.75) is 6.42 Å². The van der Waals surface area contributed by atoms with Gasteiger partial charge >= 0.3 is 0 Å². The number of nitrogens with zero attached hydrogens (tertiary/aromatic N) is 3. The Morgan fingerprint density at radius 3 is 2.63 bits per heavy atom. The van der Waals surface area contributed by atoms with Crippen LogP contribution >= 0.6 is 22.7 Å². The summed E-state index contributed by atoms with van der Waals surface area (Å²) in [6, 6.07) is 11.7. The van der Waals surface area contributed by atoms with Gasteiger partial charge in [-0.25, -0.2) is 14.4 Å². The monoisotopic (exact) mass is 396 g/mol. The van der Waals surface area contributed by atoms with Crippen molar-refractivity contribution >= 4 is 33.7 Å². The number of carbonyl (C=O) groups is 1. The molecule has 0 bridgehead atoms. The number of amides is 1. The highest BCUT2D eigenvalue weighted by molar-refractivity contribution is 7.14. The second kappa shape index (κ2) is 7.73. The van der Waals surface area contributed by atoms with Crippen molar-refractivity contribution < 1.29 is 9.18 Å². The van der Waals surface area contributed by atoms with Crippen LogP contribution in [0.5, 0.6) is 0 Å². The number of nitrogens with one attached hydrogen (secondary N) is 1. The fourth-order valence-electron chi connectivity index (χ4n) is 2.41. The first-order valence-corrected chi connectivity index (χ1v) is 9.80. The van der Waals surface area contributed by atoms with Crippen LogP contribution in [-0.4, -0.2) is 20.9 Å². The maximum atomic E-state index is 13.0. The maximum absolute atomic E-state index is 13.0. The van der Waals surface area contributed by atoms with E-state index in [0.29, 0.717) is 16.5 Å². The van der Waals surface area contributed by atoms with Crippen LogP contribution in [0.15, 0.2) is 59.4 Å². The van der Waals surface area contributed by atoms with Gasteiger partial charge in [0.1, 0.15) is 10.8 Å². The van der Waals surface area contributed by atoms with Gasteiger partial charge in [0.15, 0.2) is 5.13 Å². The van der Waals surface area contributed by atoms with Crippen molar-refractivity contribution in [3.63, 3.8) is 0 Å². The van der Waals surface area contributed by atoms with E-state index in [1.807, 2.05) is 29.0 Å². The summed E-state index contributed by atoms with van der Waals surface area (Å²) in [4.78, 5) is 25.4. The smallest absolute Gasteiger partial charge is 0.232 e. The molecule has 0 unspecified atom stereocenters. The Hall–Kier alpha value is -2.97. The van der Waals surface area contributed by atoms with Crippen molar-refractivity contribution in [2.24, 2.45) is 0 Å². The number of hydrogen-bond donors (Lipinski definition) is 1. The fraction of sp³-hybridized carbons (Fsp3) is 0.0526. The summed E-state index contributed by atoms with van der Waals surface area (Å²) in [6.45, 7) is 0. The van der Waals surface area contributed by atoms with Gasteiger partial charge in [-0.2, -0.15) is 0 Å². The van der Waals surface area contributed by atoms with Crippen molar-refractivity contribution in [3.8, 4) is 22.0 Å². The Balaban J connectivity index is 1.40. The zero-order valence-corrected chi connectivity index (χ0v) is 15.6. The molecule has 3 aromatic heterocycles. The molecule has 0 aliphatic rings. The van der Waals surface area contributed by atoms with Crippen molar-refractivity contribution in [1.29, 1.82) is 0 Å². The number of anilines is 1. The summed E-state index contributed by atoms with van der Waals surface area (Å²) in [5.41, 5.74) is 2.97. The lowest BCUT2D eigenvalue weighted by Gasteiger charge is -2.00. The minimum Gasteiger partial charge on any atom is -0.302 e. The number of carbonyl (C=O) groups excluding carboxylic acids is 1. The normalized spacial score (nSPS) is 10.7. The SMILES string of the molecule is O=C(Cc1csc(-c2ccccn2)n1)Nc1nc(-c2ccc(F)cc2)cs1. The second-order valence-electron chi connectivity index (χ2n) is 5.63. The largest absolute Gasteiger partial charge is 0.302 e. The first-order chi connectivity index (χ1) is 13.2. The van der Waals surface area contributed by atoms with E-state index in [4.69, 9.17) is 0 Å². The third-order valence-electron chi connectivity index (χ3n) is 3.67. The molecule has 0 fully saturated rings. The van der Waals surface area contributed by atoms with Crippen LogP contribution in [0.3, 0.4) is 0 Å². The fourth-order valence-corrected chi connectivity index (χ4v) is 3.94. The van der Waals surface area contributed by atoms with Crippen molar-refractivity contribution in [1.82, 2.24) is 15.0 Å². The second-order valence-corrected chi connectivity index (χ2v) is 7.34. The van der Waals surface area contributed by atoms with Crippen LogP contribution in [0, 0.1) is 5.82 Å². The number of halogens is 1. The third kappa shape index (κ3) is 4.24. The number of thiazole rings is 2. The van der Waals surface area contributed by atoms with Crippen LogP contribution < -0.4 is 5.32 Å². The Morgan fingerprint density at radius 1 is 1.00 bits per heavy atom. The molecular formula is C19H13FN4OS2. The lowest BCUT2D eigenvalue weighted by atomic mass is 10.2. The third-order valence-corrected chi connectivity index (χ3v) is 5.34. The highest BCUT2D eigenvalue weighted by atomic mass is 32.1. The minimum absolute atomic E-state index is 0.162. The minimum atomic E-state index is -0.296. The van der Waals surface area contributed by atoms with Crippen LogP contribution in [-0.2, 0) is 11.2 Å². The molecule has 0 radical (unpaired) electrons. The molecule has 5 nitrogen and oxygen atoms in total. The van der Waals surface area contributed by atoms with E-state index < -0.39 is 0 Å². The molecule has 1 aromatic carbocycles. The highest BCUT2D eigenvalue weighted by Gasteiger charge is 2.12. The molecule has 3 heterocycles. The summed E-state index contributed by atoms with van der Waals surface area (Å²) < 4.78 is 13.0. The molecule has 1 N–H and O–H groups in total. The molecule has 8 heteroatoms. The molecule has 134 valence electrons. The predicted octanol–water partition coefficient (Wildman–Crippen LogP) is 4.65. The van der Waals surface area contributed by atoms with Crippen LogP contribution in [0.2, 0.25) is 0 Å². The van der Waals surface area contributed by atoms with E-state index in [2.05, 4.69) is 20.3 Å². The summed E-state index contributed by atoms with van der Waals surface area (Å²) in [7, 11) is 0. The molecule has 4 aromatic rings. The van der Waals surface area contributed by atoms with Gasteiger partial charge in [-0.05, 0) is 36.4 Å². The number of benzene rings is 1. The molecule has 0 aliphatic carbocycles. The summed E-state index contributed by atoms with van der Waals surface area (Å²) in [6.07, 6.45) is 1.87. The van der Waals surface area contributed by atoms with Gasteiger partial charge < -0.3 is 5.32 Å². The van der Waals surface area contributed by atoms with Crippen molar-refractivity contribution in [2.75, 3.05) is 5.32 Å². The van der Waals surface area contributed by atoms with Gasteiger partial charge in [-0.3, -0.25) is 9.78 Å². The van der Waals surface area contributed by atoms with Gasteiger partial charge in [0.25, 0.3) is 0 Å². The van der Waals surface area contributed by atoms with E-state index in [9.17, 15) is 9.18 Å². The molecular weight excluding hydrogens is 383 g/mol. The van der Waals surface area contributed by atoms with Gasteiger partial charge in [0.2, 0.25) is 5.91 Å². The lowest BCUT2D eigenvalue weighted by Crippen LogP contribution is -2.14. The first-order valence-electron chi connectivity index (χ1n) is 8.04. The molecule has 0 saturated heterocycles. The van der Waals surface area contributed by atoms with Gasteiger partial charge in [-0.1, -0.05) is 6.07 Å². The number of pyridine rings is 1. The van der Waals surface area contributed by atoms with Crippen LogP contribution in [0.25, 0.3) is 22.0 Å². The quantitative estimate of drug-likeness (QED) is 0.533. The lowest BCUT2D eigenvalue weighted by molar-refractivity contribution is -0.115. The first kappa shape index (κ1) is 17.4. The average molecular weight is 396 g/mol. The molecule has 27 heavy (non-hydrogen) atoms. The summed E-state index contributed by atoms with van der Waals surface area (Å²) >= 11 is 2.78. The van der Waals surface area contributed by atoms with E-state index in [1.54, 1.807) is 18.3 Å². The molecule has 1 amide bonds. The zero-order valence-electron chi connectivity index (χ0n) is 13.9. The predicted molar refractivity (Wildman–Crippen MR) is 105 cm³/mol. The molecule has 0 spiro atoms. The standard InChI is InChI=1S/C19H13FN4OS2/c20-13-6-4-12(5-7-13)16-11-27-19(23-16)24-17(25)9-14-10-26-18(22-14)15-3-1-2-8-21-15/h1-8,10-11H,9H2,(H,23,24,25). The Bertz CT molecular complexity index is 1060. The zero-order chi connectivity index (χ0) is 18.6. The topological polar surface area (TPSA) is 67.8 Å². The average Bonchev–Trinajstić information content (AvgIpc) is 3.33. The van der Waals surface area contributed by atoms with Crippen LogP contribution in [0.1, 0.15) is 5.69 Å². The van der Waals surface area contributed by atoms with E-state index >= 15 is 0 Å². The van der Waals surface area contributed by atoms with E-state index in [0.717, 1.165) is 16.3 Å². The van der Waals surface area contributed by atoms with E-state index in [1.165, 1.54) is 34.8 Å². The number of hydrogen-bond acceptors (Lipinski definition) is 6. The Morgan fingerprint density at radius 2 is 1.85 bits per heavy atom. The summed E-state index contributed by atoms with van der Waals surface area (Å²) in [5.74, 6) is -0.483. The van der Waals surface area contributed by atoms with Gasteiger partial charge in [0, 0.05) is 22.5 Å². The Kier molecular flexibility index (Phi) is 4.99. The molecule has 0 saturated carbocycles.